The number of amides is 1. The van der Waals surface area contributed by atoms with Gasteiger partial charge in [0.1, 0.15) is 17.1 Å². The van der Waals surface area contributed by atoms with Crippen molar-refractivity contribution in [3.63, 3.8) is 0 Å². The van der Waals surface area contributed by atoms with E-state index in [1.165, 1.54) is 17.9 Å². The molecule has 0 aromatic carbocycles. The summed E-state index contributed by atoms with van der Waals surface area (Å²) in [6.07, 6.45) is 6.91. The van der Waals surface area contributed by atoms with Crippen LogP contribution in [0.25, 0.3) is 5.82 Å². The minimum atomic E-state index is -0.0747. The molecule has 1 saturated heterocycles. The van der Waals surface area contributed by atoms with E-state index in [-0.39, 0.29) is 11.8 Å². The topological polar surface area (TPSA) is 88.8 Å². The van der Waals surface area contributed by atoms with Gasteiger partial charge >= 0.3 is 0 Å². The normalized spacial score (nSPS) is 17.3. The average Bonchev–Trinajstić information content (AvgIpc) is 3.34. The zero-order valence-electron chi connectivity index (χ0n) is 14.4. The maximum Gasteiger partial charge on any atom is 0.229 e. The minimum absolute atomic E-state index is 0.0414. The van der Waals surface area contributed by atoms with Crippen LogP contribution >= 0.6 is 11.5 Å². The maximum absolute atomic E-state index is 12.6. The lowest BCUT2D eigenvalue weighted by molar-refractivity contribution is -0.120. The Morgan fingerprint density at radius 2 is 2.19 bits per heavy atom. The van der Waals surface area contributed by atoms with Gasteiger partial charge in [-0.2, -0.15) is 9.47 Å². The van der Waals surface area contributed by atoms with Crippen LogP contribution in [0.3, 0.4) is 0 Å². The number of hydrogen-bond acceptors (Lipinski definition) is 7. The van der Waals surface area contributed by atoms with Gasteiger partial charge < -0.3 is 10.2 Å². The molecule has 3 aromatic rings. The molecule has 1 aliphatic rings. The van der Waals surface area contributed by atoms with Crippen molar-refractivity contribution in [3.8, 4) is 5.82 Å². The number of aryl methyl sites for hydroxylation is 1. The predicted molar refractivity (Wildman–Crippen MR) is 99.6 cm³/mol. The molecule has 1 N–H and O–H groups in total. The van der Waals surface area contributed by atoms with Crippen molar-refractivity contribution in [2.75, 3.05) is 23.3 Å². The summed E-state index contributed by atoms with van der Waals surface area (Å²) < 4.78 is 5.90. The first-order chi connectivity index (χ1) is 12.7. The Hall–Kier alpha value is -2.81. The number of carbonyl (C=O) groups excluding carboxylic acids is 1. The van der Waals surface area contributed by atoms with Crippen LogP contribution < -0.4 is 10.2 Å². The fourth-order valence-corrected chi connectivity index (χ4v) is 3.75. The van der Waals surface area contributed by atoms with Gasteiger partial charge in [0.25, 0.3) is 0 Å². The molecule has 1 fully saturated rings. The molecule has 0 aliphatic carbocycles. The third-order valence-corrected chi connectivity index (χ3v) is 5.16. The van der Waals surface area contributed by atoms with Gasteiger partial charge in [-0.3, -0.25) is 4.79 Å². The van der Waals surface area contributed by atoms with Crippen molar-refractivity contribution < 1.29 is 4.79 Å². The highest BCUT2D eigenvalue weighted by atomic mass is 32.1. The lowest BCUT2D eigenvalue weighted by atomic mass is 9.97. The SMILES string of the molecule is Cc1cc(NC(=O)C2CCCN(c3cc(-n4cccn4)ncn3)C2)sn1. The van der Waals surface area contributed by atoms with Gasteiger partial charge in [-0.05, 0) is 43.4 Å². The molecule has 1 amide bonds. The Morgan fingerprint density at radius 1 is 1.31 bits per heavy atom. The molecule has 0 saturated carbocycles. The van der Waals surface area contributed by atoms with Crippen LogP contribution in [0.5, 0.6) is 0 Å². The zero-order chi connectivity index (χ0) is 17.9. The van der Waals surface area contributed by atoms with Gasteiger partial charge in [0.05, 0.1) is 11.6 Å². The number of aromatic nitrogens is 5. The Balaban J connectivity index is 1.46. The summed E-state index contributed by atoms with van der Waals surface area (Å²) in [5.74, 6) is 1.50. The number of hydrogen-bond donors (Lipinski definition) is 1. The highest BCUT2D eigenvalue weighted by Gasteiger charge is 2.27. The van der Waals surface area contributed by atoms with Crippen molar-refractivity contribution in [3.05, 3.63) is 42.6 Å². The molecule has 0 bridgehead atoms. The fraction of sp³-hybridized carbons (Fsp3) is 0.353. The van der Waals surface area contributed by atoms with E-state index < -0.39 is 0 Å². The molecule has 1 atom stereocenters. The summed E-state index contributed by atoms with van der Waals surface area (Å²) in [5.41, 5.74) is 0.919. The zero-order valence-corrected chi connectivity index (χ0v) is 15.2. The number of anilines is 2. The van der Waals surface area contributed by atoms with Crippen LogP contribution in [0.1, 0.15) is 18.5 Å². The van der Waals surface area contributed by atoms with Crippen molar-refractivity contribution in [2.45, 2.75) is 19.8 Å². The molecule has 134 valence electrons. The summed E-state index contributed by atoms with van der Waals surface area (Å²) in [4.78, 5) is 23.4. The van der Waals surface area contributed by atoms with E-state index in [9.17, 15) is 4.79 Å². The van der Waals surface area contributed by atoms with E-state index in [0.717, 1.165) is 35.9 Å². The average molecular weight is 369 g/mol. The van der Waals surface area contributed by atoms with E-state index in [2.05, 4.69) is 29.7 Å². The number of nitrogens with zero attached hydrogens (tertiary/aromatic N) is 6. The molecular formula is C17H19N7OS. The molecule has 0 radical (unpaired) electrons. The first kappa shape index (κ1) is 16.6. The quantitative estimate of drug-likeness (QED) is 0.759. The summed E-state index contributed by atoms with van der Waals surface area (Å²) in [6.45, 7) is 3.43. The van der Waals surface area contributed by atoms with E-state index >= 15 is 0 Å². The lowest BCUT2D eigenvalue weighted by Crippen LogP contribution is -2.41. The molecule has 9 heteroatoms. The van der Waals surface area contributed by atoms with Crippen LogP contribution in [0, 0.1) is 12.8 Å². The monoisotopic (exact) mass is 369 g/mol. The Bertz CT molecular complexity index is 892. The van der Waals surface area contributed by atoms with E-state index in [4.69, 9.17) is 0 Å². The molecule has 8 nitrogen and oxygen atoms in total. The summed E-state index contributed by atoms with van der Waals surface area (Å²) in [6, 6.07) is 5.65. The summed E-state index contributed by atoms with van der Waals surface area (Å²) >= 11 is 1.31. The molecule has 0 spiro atoms. The second-order valence-corrected chi connectivity index (χ2v) is 7.10. The van der Waals surface area contributed by atoms with Crippen LogP contribution in [-0.2, 0) is 4.79 Å². The Morgan fingerprint density at radius 3 is 2.96 bits per heavy atom. The van der Waals surface area contributed by atoms with Gasteiger partial charge in [-0.15, -0.1) is 0 Å². The van der Waals surface area contributed by atoms with E-state index in [1.807, 2.05) is 31.3 Å². The summed E-state index contributed by atoms with van der Waals surface area (Å²) in [7, 11) is 0. The maximum atomic E-state index is 12.6. The van der Waals surface area contributed by atoms with Gasteiger partial charge in [0.15, 0.2) is 5.82 Å². The lowest BCUT2D eigenvalue weighted by Gasteiger charge is -2.32. The first-order valence-electron chi connectivity index (χ1n) is 8.50. The number of piperidine rings is 1. The van der Waals surface area contributed by atoms with Gasteiger partial charge in [0.2, 0.25) is 5.91 Å². The second-order valence-electron chi connectivity index (χ2n) is 6.29. The molecule has 26 heavy (non-hydrogen) atoms. The fourth-order valence-electron chi connectivity index (χ4n) is 3.08. The smallest absolute Gasteiger partial charge is 0.229 e. The third kappa shape index (κ3) is 3.57. The van der Waals surface area contributed by atoms with Crippen LogP contribution in [0.2, 0.25) is 0 Å². The number of rotatable bonds is 4. The van der Waals surface area contributed by atoms with Crippen molar-refractivity contribution in [2.24, 2.45) is 5.92 Å². The second kappa shape index (κ2) is 7.20. The molecule has 4 rings (SSSR count). The standard InChI is InChI=1S/C17H19N7OS/c1-12-8-16(26-22-12)21-17(25)13-4-2-6-23(10-13)14-9-15(19-11-18-14)24-7-3-5-20-24/h3,5,7-9,11,13H,2,4,6,10H2,1H3,(H,21,25). The molecule has 4 heterocycles. The Labute approximate surface area is 155 Å². The third-order valence-electron chi connectivity index (χ3n) is 4.37. The van der Waals surface area contributed by atoms with E-state index in [0.29, 0.717) is 12.4 Å². The first-order valence-corrected chi connectivity index (χ1v) is 9.27. The van der Waals surface area contributed by atoms with Gasteiger partial charge in [0, 0.05) is 31.5 Å². The summed E-state index contributed by atoms with van der Waals surface area (Å²) in [5, 5.41) is 7.98. The molecule has 3 aromatic heterocycles. The molecule has 1 unspecified atom stereocenters. The van der Waals surface area contributed by atoms with Crippen molar-refractivity contribution in [1.82, 2.24) is 24.1 Å². The molecular weight excluding hydrogens is 350 g/mol. The van der Waals surface area contributed by atoms with Crippen molar-refractivity contribution in [1.29, 1.82) is 0 Å². The van der Waals surface area contributed by atoms with Gasteiger partial charge in [-0.1, -0.05) is 0 Å². The van der Waals surface area contributed by atoms with Crippen LogP contribution in [-0.4, -0.2) is 43.1 Å². The van der Waals surface area contributed by atoms with E-state index in [1.54, 1.807) is 10.9 Å². The number of nitrogens with one attached hydrogen (secondary N) is 1. The predicted octanol–water partition coefficient (Wildman–Crippen LogP) is 2.28. The minimum Gasteiger partial charge on any atom is -0.356 e. The highest BCUT2D eigenvalue weighted by Crippen LogP contribution is 2.24. The number of carbonyl (C=O) groups is 1. The van der Waals surface area contributed by atoms with Gasteiger partial charge in [-0.25, -0.2) is 14.6 Å². The highest BCUT2D eigenvalue weighted by molar-refractivity contribution is 7.10. The Kier molecular flexibility index (Phi) is 4.61. The van der Waals surface area contributed by atoms with Crippen LogP contribution in [0.4, 0.5) is 10.8 Å². The van der Waals surface area contributed by atoms with Crippen LogP contribution in [0.15, 0.2) is 36.9 Å². The largest absolute Gasteiger partial charge is 0.356 e. The van der Waals surface area contributed by atoms with Crippen molar-refractivity contribution >= 4 is 28.3 Å². The molecule has 1 aliphatic heterocycles.